The number of anilines is 1. The van der Waals surface area contributed by atoms with Crippen molar-refractivity contribution in [2.45, 2.75) is 11.8 Å². The van der Waals surface area contributed by atoms with Crippen molar-refractivity contribution >= 4 is 32.5 Å². The zero-order valence-electron chi connectivity index (χ0n) is 12.9. The van der Waals surface area contributed by atoms with E-state index < -0.39 is 16.0 Å². The highest BCUT2D eigenvalue weighted by Crippen LogP contribution is 2.24. The molecule has 0 saturated heterocycles. The molecule has 0 unspecified atom stereocenters. The van der Waals surface area contributed by atoms with Crippen molar-refractivity contribution in [3.63, 3.8) is 0 Å². The smallest absolute Gasteiger partial charge is 0.335 e. The first-order valence-corrected chi connectivity index (χ1v) is 8.71. The summed E-state index contributed by atoms with van der Waals surface area (Å²) in [5, 5.41) is 10.8. The highest BCUT2D eigenvalue weighted by atomic mass is 32.2. The van der Waals surface area contributed by atoms with Crippen molar-refractivity contribution in [3.05, 3.63) is 71.8 Å². The van der Waals surface area contributed by atoms with E-state index in [1.165, 1.54) is 18.2 Å². The van der Waals surface area contributed by atoms with Crippen LogP contribution in [0.2, 0.25) is 0 Å². The van der Waals surface area contributed by atoms with Crippen molar-refractivity contribution in [2.75, 3.05) is 4.72 Å². The normalized spacial score (nSPS) is 11.4. The predicted octanol–water partition coefficient (Wildman–Crippen LogP) is 3.65. The maximum atomic E-state index is 12.6. The van der Waals surface area contributed by atoms with Crippen LogP contribution in [-0.4, -0.2) is 19.5 Å². The number of fused-ring (bicyclic) bond motifs is 1. The van der Waals surface area contributed by atoms with Gasteiger partial charge >= 0.3 is 5.97 Å². The summed E-state index contributed by atoms with van der Waals surface area (Å²) in [5.41, 5.74) is 0.921. The number of carboxylic acids is 1. The zero-order valence-corrected chi connectivity index (χ0v) is 13.7. The Morgan fingerprint density at radius 2 is 1.67 bits per heavy atom. The van der Waals surface area contributed by atoms with Gasteiger partial charge in [0, 0.05) is 0 Å². The lowest BCUT2D eigenvalue weighted by Crippen LogP contribution is -2.14. The van der Waals surface area contributed by atoms with Gasteiger partial charge in [0.1, 0.15) is 0 Å². The summed E-state index contributed by atoms with van der Waals surface area (Å²) in [6.45, 7) is 1.71. The lowest BCUT2D eigenvalue weighted by atomic mass is 10.1. The minimum Gasteiger partial charge on any atom is -0.478 e. The van der Waals surface area contributed by atoms with Gasteiger partial charge in [-0.25, -0.2) is 13.2 Å². The third kappa shape index (κ3) is 3.09. The molecule has 0 aliphatic rings. The number of aryl methyl sites for hydroxylation is 1. The molecule has 0 fully saturated rings. The first-order chi connectivity index (χ1) is 11.4. The standard InChI is InChI=1S/C18H15NO4S/c1-12-6-7-15(18(20)21)11-17(12)19-24(22,23)16-9-8-13-4-2-3-5-14(13)10-16/h2-11,19H,1H3,(H,20,21). The van der Waals surface area contributed by atoms with Gasteiger partial charge in [0.05, 0.1) is 16.1 Å². The molecule has 2 N–H and O–H groups in total. The first kappa shape index (κ1) is 16.0. The minimum absolute atomic E-state index is 0.0248. The minimum atomic E-state index is -3.81. The maximum absolute atomic E-state index is 12.6. The Morgan fingerprint density at radius 1 is 0.958 bits per heavy atom. The van der Waals surface area contributed by atoms with E-state index >= 15 is 0 Å². The van der Waals surface area contributed by atoms with Crippen LogP contribution in [-0.2, 0) is 10.0 Å². The van der Waals surface area contributed by atoms with Crippen LogP contribution in [0.1, 0.15) is 15.9 Å². The molecule has 0 spiro atoms. The topological polar surface area (TPSA) is 83.5 Å². The molecule has 0 bridgehead atoms. The van der Waals surface area contributed by atoms with Gasteiger partial charge in [-0.05, 0) is 47.5 Å². The molecule has 6 heteroatoms. The summed E-state index contributed by atoms with van der Waals surface area (Å²) >= 11 is 0. The van der Waals surface area contributed by atoms with E-state index in [0.29, 0.717) is 5.56 Å². The number of aromatic carboxylic acids is 1. The fraction of sp³-hybridized carbons (Fsp3) is 0.0556. The fourth-order valence-electron chi connectivity index (χ4n) is 2.40. The molecule has 0 aromatic heterocycles. The van der Waals surface area contributed by atoms with E-state index in [0.717, 1.165) is 10.8 Å². The molecule has 3 rings (SSSR count). The molecular weight excluding hydrogens is 326 g/mol. The number of carbonyl (C=O) groups is 1. The number of sulfonamides is 1. The van der Waals surface area contributed by atoms with E-state index in [4.69, 9.17) is 5.11 Å². The van der Waals surface area contributed by atoms with Crippen molar-refractivity contribution in [3.8, 4) is 0 Å². The zero-order chi connectivity index (χ0) is 17.3. The third-order valence-electron chi connectivity index (χ3n) is 3.76. The van der Waals surface area contributed by atoms with Crippen molar-refractivity contribution in [1.82, 2.24) is 0 Å². The molecule has 3 aromatic rings. The molecule has 0 aliphatic carbocycles. The monoisotopic (exact) mass is 341 g/mol. The second-order valence-electron chi connectivity index (χ2n) is 5.45. The molecule has 0 radical (unpaired) electrons. The Bertz CT molecular complexity index is 1040. The number of hydrogen-bond donors (Lipinski definition) is 2. The molecule has 0 aliphatic heterocycles. The molecule has 0 atom stereocenters. The quantitative estimate of drug-likeness (QED) is 0.759. The van der Waals surface area contributed by atoms with Crippen molar-refractivity contribution in [1.29, 1.82) is 0 Å². The van der Waals surface area contributed by atoms with Gasteiger partial charge in [0.25, 0.3) is 10.0 Å². The second-order valence-corrected chi connectivity index (χ2v) is 7.13. The number of nitrogens with one attached hydrogen (secondary N) is 1. The van der Waals surface area contributed by atoms with Gasteiger partial charge in [-0.3, -0.25) is 4.72 Å². The summed E-state index contributed by atoms with van der Waals surface area (Å²) in [7, 11) is -3.81. The maximum Gasteiger partial charge on any atom is 0.335 e. The van der Waals surface area contributed by atoms with Gasteiger partial charge in [-0.1, -0.05) is 36.4 Å². The van der Waals surface area contributed by atoms with Gasteiger partial charge in [-0.15, -0.1) is 0 Å². The Labute approximate surface area is 139 Å². The largest absolute Gasteiger partial charge is 0.478 e. The molecule has 24 heavy (non-hydrogen) atoms. The summed E-state index contributed by atoms with van der Waals surface area (Å²) in [5.74, 6) is -1.11. The Morgan fingerprint density at radius 3 is 2.38 bits per heavy atom. The van der Waals surface area contributed by atoms with Gasteiger partial charge in [0.2, 0.25) is 0 Å². The highest BCUT2D eigenvalue weighted by Gasteiger charge is 2.17. The molecule has 0 amide bonds. The van der Waals surface area contributed by atoms with Crippen LogP contribution in [0.3, 0.4) is 0 Å². The Balaban J connectivity index is 2.01. The van der Waals surface area contributed by atoms with Crippen LogP contribution in [0, 0.1) is 6.92 Å². The van der Waals surface area contributed by atoms with Crippen molar-refractivity contribution < 1.29 is 18.3 Å². The number of benzene rings is 3. The molecule has 0 heterocycles. The molecule has 122 valence electrons. The first-order valence-electron chi connectivity index (χ1n) is 7.22. The number of rotatable bonds is 4. The predicted molar refractivity (Wildman–Crippen MR) is 92.9 cm³/mol. The molecule has 3 aromatic carbocycles. The van der Waals surface area contributed by atoms with Crippen LogP contribution >= 0.6 is 0 Å². The van der Waals surface area contributed by atoms with Crippen molar-refractivity contribution in [2.24, 2.45) is 0 Å². The lowest BCUT2D eigenvalue weighted by Gasteiger charge is -2.12. The van der Waals surface area contributed by atoms with Gasteiger partial charge in [0.15, 0.2) is 0 Å². The van der Waals surface area contributed by atoms with Gasteiger partial charge < -0.3 is 5.11 Å². The van der Waals surface area contributed by atoms with Crippen LogP contribution < -0.4 is 4.72 Å². The van der Waals surface area contributed by atoms with Gasteiger partial charge in [-0.2, -0.15) is 0 Å². The molecular formula is C18H15NO4S. The summed E-state index contributed by atoms with van der Waals surface area (Å²) in [6.07, 6.45) is 0. The SMILES string of the molecule is Cc1ccc(C(=O)O)cc1NS(=O)(=O)c1ccc2ccccc2c1. The lowest BCUT2D eigenvalue weighted by molar-refractivity contribution is 0.0697. The van der Waals surface area contributed by atoms with Crippen LogP contribution in [0.5, 0.6) is 0 Å². The van der Waals surface area contributed by atoms with E-state index in [9.17, 15) is 13.2 Å². The number of carboxylic acid groups (broad SMARTS) is 1. The third-order valence-corrected chi connectivity index (χ3v) is 5.12. The molecule has 0 saturated carbocycles. The second kappa shape index (κ2) is 5.98. The van der Waals surface area contributed by atoms with Crippen LogP contribution in [0.25, 0.3) is 10.8 Å². The molecule has 5 nitrogen and oxygen atoms in total. The Kier molecular flexibility index (Phi) is 3.99. The highest BCUT2D eigenvalue weighted by molar-refractivity contribution is 7.92. The van der Waals surface area contributed by atoms with E-state index in [1.807, 2.05) is 24.3 Å². The van der Waals surface area contributed by atoms with E-state index in [1.54, 1.807) is 25.1 Å². The van der Waals surface area contributed by atoms with Crippen LogP contribution in [0.15, 0.2) is 65.6 Å². The van der Waals surface area contributed by atoms with E-state index in [-0.39, 0.29) is 16.1 Å². The average molecular weight is 341 g/mol. The van der Waals surface area contributed by atoms with Crippen LogP contribution in [0.4, 0.5) is 5.69 Å². The summed E-state index contributed by atoms with van der Waals surface area (Å²) in [6, 6.07) is 16.6. The average Bonchev–Trinajstić information content (AvgIpc) is 2.56. The fourth-order valence-corrected chi connectivity index (χ4v) is 3.56. The number of hydrogen-bond acceptors (Lipinski definition) is 3. The summed E-state index contributed by atoms with van der Waals surface area (Å²) < 4.78 is 27.7. The summed E-state index contributed by atoms with van der Waals surface area (Å²) in [4.78, 5) is 11.2. The van der Waals surface area contributed by atoms with E-state index in [2.05, 4.69) is 4.72 Å². The Hall–Kier alpha value is -2.86.